The lowest BCUT2D eigenvalue weighted by Crippen LogP contribution is -2.39. The highest BCUT2D eigenvalue weighted by Crippen LogP contribution is 2.53. The first kappa shape index (κ1) is 29.3. The Morgan fingerprint density at radius 1 is 0.884 bits per heavy atom. The second-order valence-corrected chi connectivity index (χ2v) is 15.3. The van der Waals surface area contributed by atoms with E-state index in [1.165, 1.54) is 12.1 Å². The second kappa shape index (κ2) is 10.2. The molecular formula is C33H35NO8S. The number of carbonyl (C=O) groups is 3. The maximum atomic E-state index is 13.5. The van der Waals surface area contributed by atoms with Gasteiger partial charge in [-0.3, -0.25) is 14.4 Å². The summed E-state index contributed by atoms with van der Waals surface area (Å²) in [6.07, 6.45) is 0.681. The first-order valence-corrected chi connectivity index (χ1v) is 15.9. The summed E-state index contributed by atoms with van der Waals surface area (Å²) in [6, 6.07) is 12.9. The number of ketones is 2. The summed E-state index contributed by atoms with van der Waals surface area (Å²) >= 11 is 0. The van der Waals surface area contributed by atoms with Crippen LogP contribution in [0.15, 0.2) is 76.1 Å². The number of allylic oxidation sites excluding steroid dienone is 4. The van der Waals surface area contributed by atoms with Crippen molar-refractivity contribution in [2.24, 2.45) is 10.8 Å². The Labute approximate surface area is 251 Å². The third kappa shape index (κ3) is 5.20. The SMILES string of the molecule is CC1(C)CC(=O)C2=C(C1)OC1=C(C(=O)CC(C)(C)C1)C2c1ccc(OC[C@H](O)CN2C(=O)c3ccccc3S2(=O)=O)cc1. The van der Waals surface area contributed by atoms with E-state index in [9.17, 15) is 27.9 Å². The molecule has 1 atom stereocenters. The summed E-state index contributed by atoms with van der Waals surface area (Å²) in [7, 11) is -4.04. The first-order chi connectivity index (χ1) is 20.2. The molecule has 2 aliphatic carbocycles. The molecule has 4 aliphatic rings. The maximum absolute atomic E-state index is 13.5. The molecule has 2 aromatic carbocycles. The average molecular weight is 606 g/mol. The predicted molar refractivity (Wildman–Crippen MR) is 157 cm³/mol. The summed E-state index contributed by atoms with van der Waals surface area (Å²) in [5, 5.41) is 10.6. The van der Waals surface area contributed by atoms with Crippen LogP contribution in [-0.2, 0) is 24.3 Å². The summed E-state index contributed by atoms with van der Waals surface area (Å²) in [6.45, 7) is 7.48. The average Bonchev–Trinajstić information content (AvgIpc) is 3.10. The first-order valence-electron chi connectivity index (χ1n) is 14.4. The molecule has 10 heteroatoms. The maximum Gasteiger partial charge on any atom is 0.269 e. The van der Waals surface area contributed by atoms with Gasteiger partial charge in [-0.15, -0.1) is 0 Å². The van der Waals surface area contributed by atoms with Crippen LogP contribution in [0.1, 0.15) is 75.2 Å². The van der Waals surface area contributed by atoms with Crippen LogP contribution in [0.4, 0.5) is 0 Å². The zero-order chi connectivity index (χ0) is 30.9. The molecular weight excluding hydrogens is 570 g/mol. The minimum atomic E-state index is -4.04. The van der Waals surface area contributed by atoms with Gasteiger partial charge in [0.2, 0.25) is 0 Å². The van der Waals surface area contributed by atoms with E-state index in [2.05, 4.69) is 0 Å². The molecule has 0 bridgehead atoms. The Bertz CT molecular complexity index is 1660. The summed E-state index contributed by atoms with van der Waals surface area (Å²) in [5.41, 5.74) is 1.46. The standard InChI is InChI=1S/C33H35NO8S/c1-32(2)13-23(36)29-25(15-32)42-26-16-33(3,4)14-24(37)30(26)28(29)19-9-11-21(12-10-19)41-18-20(35)17-34-31(38)22-7-5-6-8-27(22)43(34,39)40/h5-12,20,28,35H,13-18H2,1-4H3/t20-/m1/s1. The molecule has 6 rings (SSSR count). The van der Waals surface area contributed by atoms with E-state index in [0.717, 1.165) is 5.56 Å². The van der Waals surface area contributed by atoms with Crippen molar-refractivity contribution in [2.75, 3.05) is 13.2 Å². The van der Waals surface area contributed by atoms with E-state index >= 15 is 0 Å². The van der Waals surface area contributed by atoms with Gasteiger partial charge < -0.3 is 14.6 Å². The Morgan fingerprint density at radius 2 is 1.44 bits per heavy atom. The van der Waals surface area contributed by atoms with E-state index in [4.69, 9.17) is 9.47 Å². The number of hydrogen-bond donors (Lipinski definition) is 1. The highest BCUT2D eigenvalue weighted by Gasteiger charge is 2.48. The Hall–Kier alpha value is -3.76. The van der Waals surface area contributed by atoms with Crippen molar-refractivity contribution in [3.05, 3.63) is 82.3 Å². The number of rotatable bonds is 6. The number of aliphatic hydroxyl groups excluding tert-OH is 1. The Kier molecular flexibility index (Phi) is 6.93. The number of carbonyl (C=O) groups excluding carboxylic acids is 3. The fourth-order valence-corrected chi connectivity index (χ4v) is 8.22. The number of benzene rings is 2. The number of sulfonamides is 1. The second-order valence-electron chi connectivity index (χ2n) is 13.5. The van der Waals surface area contributed by atoms with Crippen molar-refractivity contribution < 1.29 is 37.4 Å². The number of fused-ring (bicyclic) bond motifs is 1. The van der Waals surface area contributed by atoms with Crippen LogP contribution in [0.2, 0.25) is 0 Å². The molecule has 2 aliphatic heterocycles. The third-order valence-electron chi connectivity index (χ3n) is 8.53. The van der Waals surface area contributed by atoms with Gasteiger partial charge in [0.25, 0.3) is 15.9 Å². The fourth-order valence-electron chi connectivity index (χ4n) is 6.61. The van der Waals surface area contributed by atoms with Crippen molar-refractivity contribution >= 4 is 27.5 Å². The minimum absolute atomic E-state index is 0.0163. The number of aliphatic hydroxyl groups is 1. The van der Waals surface area contributed by atoms with Crippen LogP contribution in [0.25, 0.3) is 0 Å². The molecule has 0 saturated carbocycles. The van der Waals surface area contributed by atoms with Crippen LogP contribution in [0.3, 0.4) is 0 Å². The number of hydrogen-bond acceptors (Lipinski definition) is 8. The van der Waals surface area contributed by atoms with Gasteiger partial charge in [-0.1, -0.05) is 52.0 Å². The molecule has 226 valence electrons. The van der Waals surface area contributed by atoms with Crippen LogP contribution in [-0.4, -0.2) is 54.6 Å². The van der Waals surface area contributed by atoms with Gasteiger partial charge >= 0.3 is 0 Å². The van der Waals surface area contributed by atoms with Crippen molar-refractivity contribution in [3.8, 4) is 5.75 Å². The third-order valence-corrected chi connectivity index (χ3v) is 10.3. The Balaban J connectivity index is 1.21. The molecule has 9 nitrogen and oxygen atoms in total. The van der Waals surface area contributed by atoms with Crippen LogP contribution in [0.5, 0.6) is 5.75 Å². The molecule has 0 radical (unpaired) electrons. The highest BCUT2D eigenvalue weighted by molar-refractivity contribution is 7.90. The molecule has 0 fully saturated rings. The molecule has 0 aromatic heterocycles. The van der Waals surface area contributed by atoms with E-state index in [1.807, 2.05) is 27.7 Å². The van der Waals surface area contributed by atoms with Gasteiger partial charge in [-0.25, -0.2) is 12.7 Å². The predicted octanol–water partition coefficient (Wildman–Crippen LogP) is 4.67. The van der Waals surface area contributed by atoms with E-state index < -0.39 is 34.5 Å². The lowest BCUT2D eigenvalue weighted by atomic mass is 9.65. The fraction of sp³-hybridized carbons (Fsp3) is 0.424. The molecule has 43 heavy (non-hydrogen) atoms. The normalized spacial score (nSPS) is 23.0. The van der Waals surface area contributed by atoms with Gasteiger partial charge in [-0.2, -0.15) is 0 Å². The van der Waals surface area contributed by atoms with Gasteiger partial charge in [0.05, 0.1) is 12.1 Å². The molecule has 1 amide bonds. The van der Waals surface area contributed by atoms with Crippen molar-refractivity contribution in [3.63, 3.8) is 0 Å². The van der Waals surface area contributed by atoms with Crippen molar-refractivity contribution in [2.45, 2.75) is 70.3 Å². The summed E-state index contributed by atoms with van der Waals surface area (Å²) in [4.78, 5) is 39.5. The smallest absolute Gasteiger partial charge is 0.269 e. The van der Waals surface area contributed by atoms with Crippen LogP contribution in [0, 0.1) is 10.8 Å². The lowest BCUT2D eigenvalue weighted by Gasteiger charge is -2.42. The van der Waals surface area contributed by atoms with Gasteiger partial charge in [-0.05, 0) is 40.7 Å². The number of Topliss-reactive ketones (excluding diaryl/α,β-unsaturated/α-hetero) is 2. The number of amides is 1. The molecule has 1 N–H and O–H groups in total. The van der Waals surface area contributed by atoms with Crippen LogP contribution >= 0.6 is 0 Å². The summed E-state index contributed by atoms with van der Waals surface area (Å²) in [5.74, 6) is 0.456. The minimum Gasteiger partial charge on any atom is -0.491 e. The van der Waals surface area contributed by atoms with E-state index in [-0.39, 0.29) is 39.5 Å². The highest BCUT2D eigenvalue weighted by atomic mass is 32.2. The van der Waals surface area contributed by atoms with Gasteiger partial charge in [0.15, 0.2) is 11.6 Å². The monoisotopic (exact) mass is 605 g/mol. The number of β-amino-alcohol motifs (C(OH)–C–C–N with tert-alkyl or cyclic N) is 1. The molecule has 2 aromatic rings. The largest absolute Gasteiger partial charge is 0.491 e. The molecule has 2 heterocycles. The van der Waals surface area contributed by atoms with E-state index in [1.54, 1.807) is 36.4 Å². The van der Waals surface area contributed by atoms with Gasteiger partial charge in [0.1, 0.15) is 34.9 Å². The Morgan fingerprint density at radius 3 is 2.00 bits per heavy atom. The zero-order valence-electron chi connectivity index (χ0n) is 24.7. The molecule has 0 unspecified atom stereocenters. The topological polar surface area (TPSA) is 127 Å². The molecule has 0 spiro atoms. The van der Waals surface area contributed by atoms with E-state index in [0.29, 0.717) is 58.4 Å². The number of ether oxygens (including phenoxy) is 2. The van der Waals surface area contributed by atoms with Gasteiger partial charge in [0, 0.05) is 42.7 Å². The zero-order valence-corrected chi connectivity index (χ0v) is 25.5. The van der Waals surface area contributed by atoms with Crippen LogP contribution < -0.4 is 4.74 Å². The number of nitrogens with zero attached hydrogens (tertiary/aromatic N) is 1. The molecule has 0 saturated heterocycles. The van der Waals surface area contributed by atoms with Crippen molar-refractivity contribution in [1.82, 2.24) is 4.31 Å². The summed E-state index contributed by atoms with van der Waals surface area (Å²) < 4.78 is 38.4. The quantitative estimate of drug-likeness (QED) is 0.503. The van der Waals surface area contributed by atoms with Crippen molar-refractivity contribution in [1.29, 1.82) is 0 Å². The lowest BCUT2D eigenvalue weighted by molar-refractivity contribution is -0.120.